The van der Waals surface area contributed by atoms with E-state index in [9.17, 15) is 0 Å². The highest BCUT2D eigenvalue weighted by Gasteiger charge is 1.99. The Morgan fingerprint density at radius 1 is 1.24 bits per heavy atom. The molecule has 0 aliphatic rings. The molecule has 0 unspecified atom stereocenters. The number of H-pyrrole nitrogens is 1. The summed E-state index contributed by atoms with van der Waals surface area (Å²) in [4.78, 5) is 4.24. The molecule has 0 spiro atoms. The van der Waals surface area contributed by atoms with Gasteiger partial charge in [-0.3, -0.25) is 5.10 Å². The third-order valence-electron chi connectivity index (χ3n) is 2.29. The van der Waals surface area contributed by atoms with Crippen molar-refractivity contribution in [2.45, 2.75) is 19.0 Å². The molecule has 0 atom stereocenters. The minimum Gasteiger partial charge on any atom is -0.384 e. The van der Waals surface area contributed by atoms with Crippen LogP contribution in [0.5, 0.6) is 0 Å². The maximum absolute atomic E-state index is 4.24. The molecule has 0 bridgehead atoms. The van der Waals surface area contributed by atoms with Gasteiger partial charge in [0.15, 0.2) is 0 Å². The summed E-state index contributed by atoms with van der Waals surface area (Å²) in [6, 6.07) is 8.40. The Labute approximate surface area is 105 Å². The van der Waals surface area contributed by atoms with Crippen molar-refractivity contribution in [3.8, 4) is 0 Å². The van der Waals surface area contributed by atoms with Crippen LogP contribution in [0.1, 0.15) is 11.4 Å². The van der Waals surface area contributed by atoms with Gasteiger partial charge in [-0.25, -0.2) is 4.98 Å². The molecule has 1 aromatic heterocycles. The smallest absolute Gasteiger partial charge is 0.208 e. The number of nitrogens with one attached hydrogen (secondary N) is 2. The van der Waals surface area contributed by atoms with Crippen molar-refractivity contribution < 1.29 is 0 Å². The SMILES string of the molecule is Cc1ccc(NCCSc2n[nH]c(C)n2)cc1. The van der Waals surface area contributed by atoms with Crippen LogP contribution in [0.15, 0.2) is 29.4 Å². The molecule has 90 valence electrons. The number of benzene rings is 1. The number of nitrogens with zero attached hydrogens (tertiary/aromatic N) is 2. The van der Waals surface area contributed by atoms with E-state index in [0.717, 1.165) is 29.0 Å². The van der Waals surface area contributed by atoms with Gasteiger partial charge >= 0.3 is 0 Å². The number of rotatable bonds is 5. The zero-order valence-corrected chi connectivity index (χ0v) is 10.8. The lowest BCUT2D eigenvalue weighted by atomic mass is 10.2. The zero-order chi connectivity index (χ0) is 12.1. The van der Waals surface area contributed by atoms with Crippen LogP contribution in [0.4, 0.5) is 5.69 Å². The largest absolute Gasteiger partial charge is 0.384 e. The van der Waals surface area contributed by atoms with E-state index in [1.165, 1.54) is 5.56 Å². The second-order valence-electron chi connectivity index (χ2n) is 3.84. The Kier molecular flexibility index (Phi) is 4.03. The number of hydrogen-bond acceptors (Lipinski definition) is 4. The van der Waals surface area contributed by atoms with Crippen molar-refractivity contribution in [1.29, 1.82) is 0 Å². The fourth-order valence-corrected chi connectivity index (χ4v) is 2.09. The number of aryl methyl sites for hydroxylation is 2. The summed E-state index contributed by atoms with van der Waals surface area (Å²) in [6.07, 6.45) is 0. The lowest BCUT2D eigenvalue weighted by molar-refractivity contribution is 0.968. The lowest BCUT2D eigenvalue weighted by Crippen LogP contribution is -2.03. The van der Waals surface area contributed by atoms with E-state index in [4.69, 9.17) is 0 Å². The lowest BCUT2D eigenvalue weighted by Gasteiger charge is -2.05. The zero-order valence-electron chi connectivity index (χ0n) is 10.0. The van der Waals surface area contributed by atoms with Gasteiger partial charge < -0.3 is 5.32 Å². The third-order valence-corrected chi connectivity index (χ3v) is 3.14. The molecule has 2 rings (SSSR count). The molecule has 0 saturated carbocycles. The van der Waals surface area contributed by atoms with Crippen molar-refractivity contribution in [1.82, 2.24) is 15.2 Å². The second kappa shape index (κ2) is 5.72. The van der Waals surface area contributed by atoms with Gasteiger partial charge in [0.25, 0.3) is 0 Å². The van der Waals surface area contributed by atoms with E-state index < -0.39 is 0 Å². The average Bonchev–Trinajstić information content (AvgIpc) is 2.73. The van der Waals surface area contributed by atoms with Gasteiger partial charge in [-0.2, -0.15) is 0 Å². The average molecular weight is 248 g/mol. The highest BCUT2D eigenvalue weighted by molar-refractivity contribution is 7.99. The molecule has 2 aromatic rings. The fraction of sp³-hybridized carbons (Fsp3) is 0.333. The number of aromatic nitrogens is 3. The molecule has 17 heavy (non-hydrogen) atoms. The van der Waals surface area contributed by atoms with Gasteiger partial charge in [0, 0.05) is 18.0 Å². The molecular weight excluding hydrogens is 232 g/mol. The van der Waals surface area contributed by atoms with Crippen molar-refractivity contribution >= 4 is 17.4 Å². The van der Waals surface area contributed by atoms with E-state index in [2.05, 4.69) is 51.7 Å². The summed E-state index contributed by atoms with van der Waals surface area (Å²) >= 11 is 1.65. The van der Waals surface area contributed by atoms with Gasteiger partial charge in [0.1, 0.15) is 5.82 Å². The standard InChI is InChI=1S/C12H16N4S/c1-9-3-5-11(6-4-9)13-7-8-17-12-14-10(2)15-16-12/h3-6,13H,7-8H2,1-2H3,(H,14,15,16). The van der Waals surface area contributed by atoms with Gasteiger partial charge in [0.2, 0.25) is 5.16 Å². The van der Waals surface area contributed by atoms with E-state index in [1.807, 2.05) is 6.92 Å². The maximum Gasteiger partial charge on any atom is 0.208 e. The van der Waals surface area contributed by atoms with Crippen molar-refractivity contribution in [3.05, 3.63) is 35.7 Å². The molecule has 1 aromatic carbocycles. The van der Waals surface area contributed by atoms with E-state index in [0.29, 0.717) is 0 Å². The summed E-state index contributed by atoms with van der Waals surface area (Å²) in [7, 11) is 0. The van der Waals surface area contributed by atoms with Gasteiger partial charge in [0.05, 0.1) is 0 Å². The summed E-state index contributed by atoms with van der Waals surface area (Å²) in [6.45, 7) is 4.90. The molecular formula is C12H16N4S. The first kappa shape index (κ1) is 12.0. The molecule has 4 nitrogen and oxygen atoms in total. The van der Waals surface area contributed by atoms with Crippen LogP contribution in [0.25, 0.3) is 0 Å². The van der Waals surface area contributed by atoms with Crippen molar-refractivity contribution in [2.75, 3.05) is 17.6 Å². The summed E-state index contributed by atoms with van der Waals surface area (Å²) < 4.78 is 0. The van der Waals surface area contributed by atoms with Crippen LogP contribution in [0.2, 0.25) is 0 Å². The Balaban J connectivity index is 1.71. The quantitative estimate of drug-likeness (QED) is 0.631. The Bertz CT molecular complexity index is 464. The van der Waals surface area contributed by atoms with Crippen LogP contribution >= 0.6 is 11.8 Å². The summed E-state index contributed by atoms with van der Waals surface area (Å²) in [5.74, 6) is 1.81. The molecule has 0 radical (unpaired) electrons. The topological polar surface area (TPSA) is 53.6 Å². The molecule has 2 N–H and O–H groups in total. The van der Waals surface area contributed by atoms with Crippen LogP contribution < -0.4 is 5.32 Å². The minimum atomic E-state index is 0.813. The highest BCUT2D eigenvalue weighted by Crippen LogP contribution is 2.12. The van der Waals surface area contributed by atoms with Crippen LogP contribution in [-0.2, 0) is 0 Å². The first-order valence-electron chi connectivity index (χ1n) is 5.56. The normalized spacial score (nSPS) is 10.5. The predicted molar refractivity (Wildman–Crippen MR) is 71.5 cm³/mol. The van der Waals surface area contributed by atoms with Gasteiger partial charge in [-0.1, -0.05) is 29.5 Å². The van der Waals surface area contributed by atoms with E-state index >= 15 is 0 Å². The monoisotopic (exact) mass is 248 g/mol. The van der Waals surface area contributed by atoms with Crippen molar-refractivity contribution in [2.24, 2.45) is 0 Å². The molecule has 0 amide bonds. The Morgan fingerprint density at radius 3 is 2.65 bits per heavy atom. The van der Waals surface area contributed by atoms with Crippen LogP contribution in [0, 0.1) is 13.8 Å². The third kappa shape index (κ3) is 3.78. The minimum absolute atomic E-state index is 0.813. The molecule has 0 fully saturated rings. The summed E-state index contributed by atoms with van der Waals surface area (Å²) in [5.41, 5.74) is 2.43. The Morgan fingerprint density at radius 2 is 2.00 bits per heavy atom. The van der Waals surface area contributed by atoms with Crippen LogP contribution in [0.3, 0.4) is 0 Å². The number of anilines is 1. The van der Waals surface area contributed by atoms with E-state index in [-0.39, 0.29) is 0 Å². The van der Waals surface area contributed by atoms with E-state index in [1.54, 1.807) is 11.8 Å². The first-order valence-corrected chi connectivity index (χ1v) is 6.55. The van der Waals surface area contributed by atoms with Crippen molar-refractivity contribution in [3.63, 3.8) is 0 Å². The highest BCUT2D eigenvalue weighted by atomic mass is 32.2. The maximum atomic E-state index is 4.24. The Hall–Kier alpha value is -1.49. The molecule has 0 aliphatic heterocycles. The number of thioether (sulfide) groups is 1. The first-order chi connectivity index (χ1) is 8.24. The summed E-state index contributed by atoms with van der Waals surface area (Å²) in [5, 5.41) is 11.1. The molecule has 0 aliphatic carbocycles. The van der Waals surface area contributed by atoms with Gasteiger partial charge in [-0.05, 0) is 26.0 Å². The fourth-order valence-electron chi connectivity index (χ4n) is 1.40. The number of aromatic amines is 1. The predicted octanol–water partition coefficient (Wildman–Crippen LogP) is 2.63. The van der Waals surface area contributed by atoms with Crippen LogP contribution in [-0.4, -0.2) is 27.5 Å². The second-order valence-corrected chi connectivity index (χ2v) is 4.91. The molecule has 5 heteroatoms. The molecule has 0 saturated heterocycles. The number of hydrogen-bond donors (Lipinski definition) is 2. The van der Waals surface area contributed by atoms with Gasteiger partial charge in [-0.15, -0.1) is 5.10 Å². The molecule has 1 heterocycles.